The van der Waals surface area contributed by atoms with Gasteiger partial charge in [-0.2, -0.15) is 0 Å². The average Bonchev–Trinajstić information content (AvgIpc) is 2.46. The molecule has 6 nitrogen and oxygen atoms in total. The molecule has 0 bridgehead atoms. The van der Waals surface area contributed by atoms with Crippen molar-refractivity contribution in [3.05, 3.63) is 47.4 Å². The second kappa shape index (κ2) is 5.66. The maximum atomic E-state index is 12.4. The fraction of sp³-hybridized carbons (Fsp3) is 0.214. The highest BCUT2D eigenvalue weighted by molar-refractivity contribution is 6.04. The van der Waals surface area contributed by atoms with Crippen LogP contribution in [0.1, 0.15) is 21.6 Å². The fourth-order valence-electron chi connectivity index (χ4n) is 1.98. The SMILES string of the molecule is Cc1ccc(N(C)C(=O)c2cnc(NN)cn2)c(C)c1. The molecule has 1 heterocycles. The number of carbonyl (C=O) groups excluding carboxylic acids is 1. The highest BCUT2D eigenvalue weighted by atomic mass is 16.2. The zero-order valence-electron chi connectivity index (χ0n) is 11.7. The summed E-state index contributed by atoms with van der Waals surface area (Å²) in [6.07, 6.45) is 2.82. The number of hydrogen-bond acceptors (Lipinski definition) is 5. The van der Waals surface area contributed by atoms with Crippen LogP contribution >= 0.6 is 0 Å². The predicted octanol–water partition coefficient (Wildman–Crippen LogP) is 1.66. The maximum absolute atomic E-state index is 12.4. The van der Waals surface area contributed by atoms with Gasteiger partial charge in [0.15, 0.2) is 5.82 Å². The molecule has 0 fully saturated rings. The van der Waals surface area contributed by atoms with E-state index in [0.717, 1.165) is 16.8 Å². The Morgan fingerprint density at radius 2 is 2.00 bits per heavy atom. The van der Waals surface area contributed by atoms with Crippen molar-refractivity contribution >= 4 is 17.4 Å². The molecule has 0 saturated carbocycles. The summed E-state index contributed by atoms with van der Waals surface area (Å²) >= 11 is 0. The zero-order chi connectivity index (χ0) is 14.7. The van der Waals surface area contributed by atoms with Crippen molar-refractivity contribution in [2.75, 3.05) is 17.4 Å². The number of rotatable bonds is 3. The van der Waals surface area contributed by atoms with E-state index in [-0.39, 0.29) is 11.6 Å². The monoisotopic (exact) mass is 271 g/mol. The minimum atomic E-state index is -0.215. The van der Waals surface area contributed by atoms with Crippen LogP contribution in [0.25, 0.3) is 0 Å². The molecule has 2 rings (SSSR count). The lowest BCUT2D eigenvalue weighted by Gasteiger charge is -2.19. The van der Waals surface area contributed by atoms with E-state index in [1.807, 2.05) is 32.0 Å². The number of amides is 1. The van der Waals surface area contributed by atoms with Crippen molar-refractivity contribution in [3.8, 4) is 0 Å². The van der Waals surface area contributed by atoms with Gasteiger partial charge in [0.05, 0.1) is 12.4 Å². The van der Waals surface area contributed by atoms with Gasteiger partial charge >= 0.3 is 0 Å². The molecular formula is C14H17N5O. The normalized spacial score (nSPS) is 10.2. The summed E-state index contributed by atoms with van der Waals surface area (Å²) < 4.78 is 0. The quantitative estimate of drug-likeness (QED) is 0.655. The van der Waals surface area contributed by atoms with Crippen molar-refractivity contribution in [3.63, 3.8) is 0 Å². The van der Waals surface area contributed by atoms with Crippen molar-refractivity contribution in [2.45, 2.75) is 13.8 Å². The van der Waals surface area contributed by atoms with Crippen LogP contribution in [0.15, 0.2) is 30.6 Å². The molecule has 20 heavy (non-hydrogen) atoms. The number of nitrogen functional groups attached to an aromatic ring is 1. The molecule has 104 valence electrons. The van der Waals surface area contributed by atoms with Crippen LogP contribution in [0, 0.1) is 13.8 Å². The summed E-state index contributed by atoms with van der Waals surface area (Å²) in [6.45, 7) is 3.99. The van der Waals surface area contributed by atoms with Gasteiger partial charge in [0.2, 0.25) is 0 Å². The number of aromatic nitrogens is 2. The first-order valence-corrected chi connectivity index (χ1v) is 6.17. The molecule has 0 radical (unpaired) electrons. The van der Waals surface area contributed by atoms with Crippen LogP contribution in [0.4, 0.5) is 11.5 Å². The van der Waals surface area contributed by atoms with Crippen molar-refractivity contribution in [1.29, 1.82) is 0 Å². The third kappa shape index (κ3) is 2.75. The molecule has 6 heteroatoms. The number of carbonyl (C=O) groups is 1. The summed E-state index contributed by atoms with van der Waals surface area (Å²) in [5.74, 6) is 5.41. The average molecular weight is 271 g/mol. The number of nitrogens with zero attached hydrogens (tertiary/aromatic N) is 3. The molecule has 0 aliphatic heterocycles. The zero-order valence-corrected chi connectivity index (χ0v) is 11.7. The maximum Gasteiger partial charge on any atom is 0.278 e. The molecule has 0 atom stereocenters. The van der Waals surface area contributed by atoms with Crippen LogP contribution in [0.2, 0.25) is 0 Å². The van der Waals surface area contributed by atoms with E-state index in [1.165, 1.54) is 12.4 Å². The first-order valence-electron chi connectivity index (χ1n) is 6.17. The van der Waals surface area contributed by atoms with E-state index in [4.69, 9.17) is 5.84 Å². The van der Waals surface area contributed by atoms with Gasteiger partial charge in [0.1, 0.15) is 5.69 Å². The van der Waals surface area contributed by atoms with Gasteiger partial charge in [-0.05, 0) is 25.5 Å². The van der Waals surface area contributed by atoms with Gasteiger partial charge in [0.25, 0.3) is 5.91 Å². The second-order valence-corrected chi connectivity index (χ2v) is 4.59. The van der Waals surface area contributed by atoms with Gasteiger partial charge < -0.3 is 10.3 Å². The Morgan fingerprint density at radius 3 is 2.55 bits per heavy atom. The minimum absolute atomic E-state index is 0.215. The predicted molar refractivity (Wildman–Crippen MR) is 78.5 cm³/mol. The summed E-state index contributed by atoms with van der Waals surface area (Å²) in [5, 5.41) is 0. The number of anilines is 2. The molecule has 3 N–H and O–H groups in total. The van der Waals surface area contributed by atoms with Gasteiger partial charge in [-0.1, -0.05) is 17.7 Å². The number of nitrogens with two attached hydrogens (primary N) is 1. The molecule has 1 amide bonds. The Bertz CT molecular complexity index is 624. The van der Waals surface area contributed by atoms with Crippen LogP contribution in [-0.4, -0.2) is 22.9 Å². The Labute approximate surface area is 117 Å². The van der Waals surface area contributed by atoms with Crippen LogP contribution in [-0.2, 0) is 0 Å². The molecule has 1 aromatic heterocycles. The Kier molecular flexibility index (Phi) is 3.95. The molecule has 0 saturated heterocycles. The topological polar surface area (TPSA) is 84.1 Å². The minimum Gasteiger partial charge on any atom is -0.310 e. The summed E-state index contributed by atoms with van der Waals surface area (Å²) in [5.41, 5.74) is 5.68. The van der Waals surface area contributed by atoms with E-state index >= 15 is 0 Å². The van der Waals surface area contributed by atoms with Gasteiger partial charge in [-0.15, -0.1) is 0 Å². The third-order valence-corrected chi connectivity index (χ3v) is 3.04. The lowest BCUT2D eigenvalue weighted by atomic mass is 10.1. The Morgan fingerprint density at radius 1 is 1.25 bits per heavy atom. The van der Waals surface area contributed by atoms with Crippen molar-refractivity contribution in [2.24, 2.45) is 5.84 Å². The molecule has 1 aromatic carbocycles. The summed E-state index contributed by atoms with van der Waals surface area (Å²) in [4.78, 5) is 21.9. The van der Waals surface area contributed by atoms with Crippen LogP contribution in [0.5, 0.6) is 0 Å². The Hall–Kier alpha value is -2.47. The second-order valence-electron chi connectivity index (χ2n) is 4.59. The number of hydrogen-bond donors (Lipinski definition) is 2. The molecule has 2 aromatic rings. The van der Waals surface area contributed by atoms with E-state index in [9.17, 15) is 4.79 Å². The lowest BCUT2D eigenvalue weighted by Crippen LogP contribution is -2.28. The highest BCUT2D eigenvalue weighted by Gasteiger charge is 2.16. The largest absolute Gasteiger partial charge is 0.310 e. The number of benzene rings is 1. The standard InChI is InChI=1S/C14H17N5O/c1-9-4-5-12(10(2)6-9)19(3)14(20)11-7-17-13(18-15)8-16-11/h4-8H,15H2,1-3H3,(H,17,18). The van der Waals surface area contributed by atoms with Gasteiger partial charge in [0, 0.05) is 12.7 Å². The molecule has 0 unspecified atom stereocenters. The van der Waals surface area contributed by atoms with Crippen molar-refractivity contribution < 1.29 is 4.79 Å². The van der Waals surface area contributed by atoms with E-state index in [0.29, 0.717) is 5.82 Å². The summed E-state index contributed by atoms with van der Waals surface area (Å²) in [6, 6.07) is 5.93. The molecule has 0 spiro atoms. The smallest absolute Gasteiger partial charge is 0.278 e. The first kappa shape index (κ1) is 14.0. The van der Waals surface area contributed by atoms with E-state index in [1.54, 1.807) is 11.9 Å². The Balaban J connectivity index is 2.27. The number of nitrogens with one attached hydrogen (secondary N) is 1. The number of hydrazine groups is 1. The van der Waals surface area contributed by atoms with Crippen LogP contribution in [0.3, 0.4) is 0 Å². The fourth-order valence-corrected chi connectivity index (χ4v) is 1.98. The van der Waals surface area contributed by atoms with Gasteiger partial charge in [-0.3, -0.25) is 4.79 Å². The molecule has 0 aliphatic rings. The lowest BCUT2D eigenvalue weighted by molar-refractivity contribution is 0.0988. The highest BCUT2D eigenvalue weighted by Crippen LogP contribution is 2.21. The number of aryl methyl sites for hydroxylation is 2. The van der Waals surface area contributed by atoms with Crippen LogP contribution < -0.4 is 16.2 Å². The first-order chi connectivity index (χ1) is 9.52. The van der Waals surface area contributed by atoms with Gasteiger partial charge in [-0.25, -0.2) is 15.8 Å². The summed E-state index contributed by atoms with van der Waals surface area (Å²) in [7, 11) is 1.72. The third-order valence-electron chi connectivity index (χ3n) is 3.04. The molecular weight excluding hydrogens is 254 g/mol. The van der Waals surface area contributed by atoms with E-state index in [2.05, 4.69) is 15.4 Å². The van der Waals surface area contributed by atoms with E-state index < -0.39 is 0 Å². The molecule has 0 aliphatic carbocycles. The van der Waals surface area contributed by atoms with Crippen molar-refractivity contribution in [1.82, 2.24) is 9.97 Å².